The summed E-state index contributed by atoms with van der Waals surface area (Å²) in [6, 6.07) is 8.80. The van der Waals surface area contributed by atoms with Gasteiger partial charge < -0.3 is 15.5 Å². The van der Waals surface area contributed by atoms with Gasteiger partial charge in [-0.2, -0.15) is 0 Å². The lowest BCUT2D eigenvalue weighted by molar-refractivity contribution is 0.712. The summed E-state index contributed by atoms with van der Waals surface area (Å²) >= 11 is 5.17. The minimum Gasteiger partial charge on any atom is -0.378 e. The summed E-state index contributed by atoms with van der Waals surface area (Å²) in [5.74, 6) is 0. The highest BCUT2D eigenvalue weighted by Gasteiger charge is 1.99. The van der Waals surface area contributed by atoms with E-state index in [2.05, 4.69) is 53.6 Å². The molecule has 0 saturated heterocycles. The van der Waals surface area contributed by atoms with Gasteiger partial charge in [-0.05, 0) is 43.8 Å². The zero-order valence-corrected chi connectivity index (χ0v) is 11.8. The van der Waals surface area contributed by atoms with Crippen LogP contribution in [-0.2, 0) is 6.54 Å². The molecule has 0 fully saturated rings. The topological polar surface area (TPSA) is 27.3 Å². The molecule has 0 radical (unpaired) electrons. The molecule has 0 unspecified atom stereocenters. The normalized spacial score (nSPS) is 10.2. The van der Waals surface area contributed by atoms with E-state index in [4.69, 9.17) is 12.2 Å². The minimum absolute atomic E-state index is 0.367. The molecule has 4 heteroatoms. The Hall–Kier alpha value is -1.29. The average Bonchev–Trinajstić information content (AvgIpc) is 2.26. The van der Waals surface area contributed by atoms with E-state index in [1.165, 1.54) is 11.3 Å². The summed E-state index contributed by atoms with van der Waals surface area (Å²) in [5, 5.41) is 7.05. The van der Waals surface area contributed by atoms with Crippen molar-refractivity contribution in [3.8, 4) is 0 Å². The highest BCUT2D eigenvalue weighted by Crippen LogP contribution is 2.11. The molecule has 3 nitrogen and oxygen atoms in total. The zero-order valence-electron chi connectivity index (χ0n) is 10.9. The van der Waals surface area contributed by atoms with E-state index in [0.717, 1.165) is 6.54 Å². The van der Waals surface area contributed by atoms with Gasteiger partial charge in [0.1, 0.15) is 0 Å². The lowest BCUT2D eigenvalue weighted by Crippen LogP contribution is -2.38. The quantitative estimate of drug-likeness (QED) is 0.802. The first-order valence-electron chi connectivity index (χ1n) is 5.79. The van der Waals surface area contributed by atoms with Crippen molar-refractivity contribution in [2.45, 2.75) is 26.4 Å². The minimum atomic E-state index is 0.367. The summed E-state index contributed by atoms with van der Waals surface area (Å²) < 4.78 is 0. The van der Waals surface area contributed by atoms with Crippen molar-refractivity contribution in [1.82, 2.24) is 10.6 Å². The van der Waals surface area contributed by atoms with E-state index in [9.17, 15) is 0 Å². The molecule has 1 aromatic rings. The van der Waals surface area contributed by atoms with Crippen molar-refractivity contribution in [2.24, 2.45) is 0 Å². The van der Waals surface area contributed by atoms with Crippen LogP contribution in [0.25, 0.3) is 0 Å². The Bertz CT molecular complexity index is 357. The van der Waals surface area contributed by atoms with Crippen LogP contribution in [0.2, 0.25) is 0 Å². The monoisotopic (exact) mass is 251 g/mol. The SMILES string of the molecule is CC(C)NC(=S)NCc1ccc(N(C)C)cc1. The molecule has 1 aromatic carbocycles. The summed E-state index contributed by atoms with van der Waals surface area (Å²) in [4.78, 5) is 2.09. The number of nitrogens with one attached hydrogen (secondary N) is 2. The van der Waals surface area contributed by atoms with Crippen LogP contribution < -0.4 is 15.5 Å². The van der Waals surface area contributed by atoms with Crippen LogP contribution >= 0.6 is 12.2 Å². The van der Waals surface area contributed by atoms with Crippen molar-refractivity contribution in [1.29, 1.82) is 0 Å². The summed E-state index contributed by atoms with van der Waals surface area (Å²) in [6.45, 7) is 4.89. The number of hydrogen-bond donors (Lipinski definition) is 2. The summed E-state index contributed by atoms with van der Waals surface area (Å²) in [6.07, 6.45) is 0. The average molecular weight is 251 g/mol. The fourth-order valence-electron chi connectivity index (χ4n) is 1.41. The maximum absolute atomic E-state index is 5.17. The van der Waals surface area contributed by atoms with E-state index in [1.807, 2.05) is 14.1 Å². The van der Waals surface area contributed by atoms with Gasteiger partial charge in [0.05, 0.1) is 0 Å². The molecule has 0 aliphatic heterocycles. The van der Waals surface area contributed by atoms with Crippen LogP contribution in [0.4, 0.5) is 5.69 Å². The molecule has 0 aliphatic carbocycles. The van der Waals surface area contributed by atoms with E-state index < -0.39 is 0 Å². The van der Waals surface area contributed by atoms with Crippen molar-refractivity contribution in [3.05, 3.63) is 29.8 Å². The van der Waals surface area contributed by atoms with Crippen LogP contribution in [0.15, 0.2) is 24.3 Å². The first-order chi connectivity index (χ1) is 7.99. The van der Waals surface area contributed by atoms with Gasteiger partial charge in [0.25, 0.3) is 0 Å². The fourth-order valence-corrected chi connectivity index (χ4v) is 1.72. The second kappa shape index (κ2) is 6.45. The molecule has 17 heavy (non-hydrogen) atoms. The number of nitrogens with zero attached hydrogens (tertiary/aromatic N) is 1. The van der Waals surface area contributed by atoms with E-state index in [-0.39, 0.29) is 0 Å². The molecular weight excluding hydrogens is 230 g/mol. The van der Waals surface area contributed by atoms with Crippen LogP contribution in [0.1, 0.15) is 19.4 Å². The number of hydrogen-bond acceptors (Lipinski definition) is 2. The third-order valence-corrected chi connectivity index (χ3v) is 2.59. The summed E-state index contributed by atoms with van der Waals surface area (Å²) in [5.41, 5.74) is 2.43. The molecule has 94 valence electrons. The third kappa shape index (κ3) is 5.04. The van der Waals surface area contributed by atoms with Crippen LogP contribution in [0, 0.1) is 0 Å². The Balaban J connectivity index is 2.44. The zero-order chi connectivity index (χ0) is 12.8. The predicted molar refractivity (Wildman–Crippen MR) is 78.5 cm³/mol. The first-order valence-corrected chi connectivity index (χ1v) is 6.20. The van der Waals surface area contributed by atoms with Gasteiger partial charge in [-0.25, -0.2) is 0 Å². The number of benzene rings is 1. The predicted octanol–water partition coefficient (Wildman–Crippen LogP) is 2.13. The number of rotatable bonds is 4. The van der Waals surface area contributed by atoms with Gasteiger partial charge in [0.2, 0.25) is 0 Å². The number of anilines is 1. The van der Waals surface area contributed by atoms with Gasteiger partial charge >= 0.3 is 0 Å². The fraction of sp³-hybridized carbons (Fsp3) is 0.462. The van der Waals surface area contributed by atoms with Crippen molar-refractivity contribution in [2.75, 3.05) is 19.0 Å². The highest BCUT2D eigenvalue weighted by molar-refractivity contribution is 7.80. The molecule has 0 spiro atoms. The Morgan fingerprint density at radius 3 is 2.29 bits per heavy atom. The molecule has 0 atom stereocenters. The van der Waals surface area contributed by atoms with Gasteiger partial charge in [0, 0.05) is 32.4 Å². The smallest absolute Gasteiger partial charge is 0.166 e. The van der Waals surface area contributed by atoms with Gasteiger partial charge in [0.15, 0.2) is 5.11 Å². The molecular formula is C13H21N3S. The molecule has 0 saturated carbocycles. The molecule has 0 amide bonds. The van der Waals surface area contributed by atoms with Gasteiger partial charge in [-0.3, -0.25) is 0 Å². The molecule has 0 aromatic heterocycles. The highest BCUT2D eigenvalue weighted by atomic mass is 32.1. The van der Waals surface area contributed by atoms with Gasteiger partial charge in [-0.1, -0.05) is 12.1 Å². The second-order valence-electron chi connectivity index (χ2n) is 4.54. The maximum atomic E-state index is 5.17. The second-order valence-corrected chi connectivity index (χ2v) is 4.95. The van der Waals surface area contributed by atoms with E-state index in [0.29, 0.717) is 11.2 Å². The first kappa shape index (κ1) is 13.8. The van der Waals surface area contributed by atoms with Crippen molar-refractivity contribution >= 4 is 23.0 Å². The Kier molecular flexibility index (Phi) is 5.22. The maximum Gasteiger partial charge on any atom is 0.166 e. The molecule has 1 rings (SSSR count). The lowest BCUT2D eigenvalue weighted by atomic mass is 10.2. The van der Waals surface area contributed by atoms with Crippen molar-refractivity contribution < 1.29 is 0 Å². The molecule has 0 bridgehead atoms. The Labute approximate surface area is 109 Å². The number of thiocarbonyl (C=S) groups is 1. The van der Waals surface area contributed by atoms with Gasteiger partial charge in [-0.15, -0.1) is 0 Å². The van der Waals surface area contributed by atoms with Crippen LogP contribution in [0.5, 0.6) is 0 Å². The van der Waals surface area contributed by atoms with E-state index in [1.54, 1.807) is 0 Å². The molecule has 0 heterocycles. The Morgan fingerprint density at radius 2 is 1.82 bits per heavy atom. The largest absolute Gasteiger partial charge is 0.378 e. The standard InChI is InChI=1S/C13H21N3S/c1-10(2)15-13(17)14-9-11-5-7-12(8-6-11)16(3)4/h5-8,10H,9H2,1-4H3,(H2,14,15,17). The molecule has 2 N–H and O–H groups in total. The van der Waals surface area contributed by atoms with Crippen molar-refractivity contribution in [3.63, 3.8) is 0 Å². The Morgan fingerprint density at radius 1 is 1.24 bits per heavy atom. The molecule has 0 aliphatic rings. The van der Waals surface area contributed by atoms with E-state index >= 15 is 0 Å². The van der Waals surface area contributed by atoms with Crippen LogP contribution in [0.3, 0.4) is 0 Å². The third-order valence-electron chi connectivity index (χ3n) is 2.33. The summed E-state index contributed by atoms with van der Waals surface area (Å²) in [7, 11) is 4.07. The lowest BCUT2D eigenvalue weighted by Gasteiger charge is -2.15. The van der Waals surface area contributed by atoms with Crippen LogP contribution in [-0.4, -0.2) is 25.2 Å².